The fourth-order valence-corrected chi connectivity index (χ4v) is 2.11. The first-order valence-corrected chi connectivity index (χ1v) is 6.75. The van der Waals surface area contributed by atoms with Gasteiger partial charge >= 0.3 is 0 Å². The second-order valence-electron chi connectivity index (χ2n) is 4.04. The van der Waals surface area contributed by atoms with E-state index in [0.29, 0.717) is 11.7 Å². The Hall–Kier alpha value is -1.23. The first-order chi connectivity index (χ1) is 8.22. The third kappa shape index (κ3) is 2.72. The van der Waals surface area contributed by atoms with Gasteiger partial charge in [-0.3, -0.25) is 4.98 Å². The summed E-state index contributed by atoms with van der Waals surface area (Å²) in [5.74, 6) is 0.951. The molecule has 0 atom stereocenters. The van der Waals surface area contributed by atoms with Gasteiger partial charge in [-0.25, -0.2) is 9.97 Å². The van der Waals surface area contributed by atoms with E-state index in [-0.39, 0.29) is 0 Å². The van der Waals surface area contributed by atoms with E-state index in [2.05, 4.69) is 49.6 Å². The maximum Gasteiger partial charge on any atom is 0.180 e. The quantitative estimate of drug-likeness (QED) is 0.813. The molecule has 0 bridgehead atoms. The van der Waals surface area contributed by atoms with Crippen LogP contribution in [0, 0.1) is 0 Å². The van der Waals surface area contributed by atoms with Gasteiger partial charge in [0.05, 0.1) is 0 Å². The molecule has 0 aliphatic rings. The van der Waals surface area contributed by atoms with Crippen LogP contribution in [-0.4, -0.2) is 32.9 Å². The van der Waals surface area contributed by atoms with Crippen LogP contribution in [0.15, 0.2) is 24.5 Å². The minimum Gasteiger partial charge on any atom is -0.353 e. The molecule has 5 heteroatoms. The van der Waals surface area contributed by atoms with Gasteiger partial charge in [0.25, 0.3) is 0 Å². The van der Waals surface area contributed by atoms with Gasteiger partial charge in [0, 0.05) is 30.3 Å². The topological polar surface area (TPSA) is 41.9 Å². The van der Waals surface area contributed by atoms with Crippen LogP contribution in [0.5, 0.6) is 0 Å². The second kappa shape index (κ2) is 5.40. The number of hydrogen-bond donors (Lipinski definition) is 0. The molecule has 0 fully saturated rings. The summed E-state index contributed by atoms with van der Waals surface area (Å²) < 4.78 is 0. The van der Waals surface area contributed by atoms with Crippen molar-refractivity contribution < 1.29 is 0 Å². The number of alkyl halides is 1. The Bertz CT molecular complexity index is 501. The largest absolute Gasteiger partial charge is 0.353 e. The zero-order valence-corrected chi connectivity index (χ0v) is 11.6. The van der Waals surface area contributed by atoms with Crippen molar-refractivity contribution >= 4 is 32.9 Å². The number of nitrogens with zero attached hydrogens (tertiary/aromatic N) is 4. The van der Waals surface area contributed by atoms with Crippen molar-refractivity contribution in [1.82, 2.24) is 15.0 Å². The molecule has 4 nitrogen and oxygen atoms in total. The fourth-order valence-electron chi connectivity index (χ4n) is 1.73. The third-order valence-corrected chi connectivity index (χ3v) is 2.91. The maximum absolute atomic E-state index is 4.55. The van der Waals surface area contributed by atoms with Crippen molar-refractivity contribution in [1.29, 1.82) is 0 Å². The fraction of sp³-hybridized carbons (Fsp3) is 0.417. The number of halogens is 1. The van der Waals surface area contributed by atoms with Crippen molar-refractivity contribution in [2.75, 3.05) is 16.8 Å². The Morgan fingerprint density at radius 1 is 1.24 bits per heavy atom. The Balaban J connectivity index is 2.40. The Morgan fingerprint density at radius 3 is 2.71 bits per heavy atom. The molecule has 2 aromatic rings. The van der Waals surface area contributed by atoms with E-state index >= 15 is 0 Å². The zero-order chi connectivity index (χ0) is 12.3. The van der Waals surface area contributed by atoms with Gasteiger partial charge in [0.15, 0.2) is 5.65 Å². The van der Waals surface area contributed by atoms with Crippen molar-refractivity contribution in [2.45, 2.75) is 19.9 Å². The van der Waals surface area contributed by atoms with Crippen LogP contribution in [-0.2, 0) is 0 Å². The number of rotatable bonds is 4. The number of fused-ring (bicyclic) bond motifs is 1. The first-order valence-electron chi connectivity index (χ1n) is 5.62. The average molecular weight is 295 g/mol. The van der Waals surface area contributed by atoms with Crippen LogP contribution in [0.25, 0.3) is 11.2 Å². The van der Waals surface area contributed by atoms with Gasteiger partial charge in [0.1, 0.15) is 11.3 Å². The molecular formula is C12H15BrN4. The summed E-state index contributed by atoms with van der Waals surface area (Å²) in [5.41, 5.74) is 1.53. The summed E-state index contributed by atoms with van der Waals surface area (Å²) in [6.07, 6.45) is 3.35. The summed E-state index contributed by atoms with van der Waals surface area (Å²) in [5, 5.41) is 0.922. The summed E-state index contributed by atoms with van der Waals surface area (Å²) in [7, 11) is 0. The number of hydrogen-bond acceptors (Lipinski definition) is 4. The normalized spacial score (nSPS) is 11.1. The molecule has 2 heterocycles. The van der Waals surface area contributed by atoms with Crippen LogP contribution in [0.3, 0.4) is 0 Å². The zero-order valence-electron chi connectivity index (χ0n) is 9.97. The Labute approximate surface area is 109 Å². The maximum atomic E-state index is 4.55. The lowest BCUT2D eigenvalue weighted by atomic mass is 10.3. The minimum absolute atomic E-state index is 0.411. The lowest BCUT2D eigenvalue weighted by molar-refractivity contribution is 0.699. The Morgan fingerprint density at radius 2 is 2.00 bits per heavy atom. The number of pyridine rings is 1. The average Bonchev–Trinajstić information content (AvgIpc) is 2.35. The van der Waals surface area contributed by atoms with Gasteiger partial charge in [-0.15, -0.1) is 0 Å². The summed E-state index contributed by atoms with van der Waals surface area (Å²) >= 11 is 3.47. The monoisotopic (exact) mass is 294 g/mol. The van der Waals surface area contributed by atoms with Gasteiger partial charge in [-0.2, -0.15) is 0 Å². The summed E-state index contributed by atoms with van der Waals surface area (Å²) in [6.45, 7) is 5.24. The van der Waals surface area contributed by atoms with E-state index < -0.39 is 0 Å². The molecular weight excluding hydrogens is 280 g/mol. The molecule has 0 aliphatic heterocycles. The molecule has 90 valence electrons. The van der Waals surface area contributed by atoms with Crippen molar-refractivity contribution in [3.8, 4) is 0 Å². The van der Waals surface area contributed by atoms with E-state index in [1.54, 1.807) is 12.4 Å². The van der Waals surface area contributed by atoms with Gasteiger partial charge in [0.2, 0.25) is 0 Å². The molecule has 0 N–H and O–H groups in total. The molecule has 17 heavy (non-hydrogen) atoms. The van der Waals surface area contributed by atoms with Crippen LogP contribution >= 0.6 is 15.9 Å². The SMILES string of the molecule is CC(C)N(CCBr)c1ccc2nccnc2n1. The van der Waals surface area contributed by atoms with E-state index in [4.69, 9.17) is 0 Å². The van der Waals surface area contributed by atoms with Gasteiger partial charge in [-0.1, -0.05) is 15.9 Å². The lowest BCUT2D eigenvalue weighted by Crippen LogP contribution is -2.33. The molecule has 2 rings (SSSR count). The molecule has 0 spiro atoms. The molecule has 2 aromatic heterocycles. The van der Waals surface area contributed by atoms with E-state index in [1.165, 1.54) is 0 Å². The molecule has 0 saturated heterocycles. The van der Waals surface area contributed by atoms with Gasteiger partial charge in [-0.05, 0) is 26.0 Å². The molecule has 0 amide bonds. The van der Waals surface area contributed by atoms with Crippen LogP contribution in [0.2, 0.25) is 0 Å². The van der Waals surface area contributed by atoms with E-state index in [0.717, 1.165) is 23.2 Å². The van der Waals surface area contributed by atoms with Crippen LogP contribution in [0.4, 0.5) is 5.82 Å². The summed E-state index contributed by atoms with van der Waals surface area (Å²) in [4.78, 5) is 15.2. The Kier molecular flexibility index (Phi) is 3.89. The molecule has 0 unspecified atom stereocenters. The molecule has 0 radical (unpaired) electrons. The highest BCUT2D eigenvalue weighted by molar-refractivity contribution is 9.09. The van der Waals surface area contributed by atoms with Crippen LogP contribution < -0.4 is 4.90 Å². The minimum atomic E-state index is 0.411. The standard InChI is InChI=1S/C12H15BrN4/c1-9(2)17(8-5-13)11-4-3-10-12(16-11)15-7-6-14-10/h3-4,6-7,9H,5,8H2,1-2H3. The number of aromatic nitrogens is 3. The van der Waals surface area contributed by atoms with Crippen molar-refractivity contribution in [2.24, 2.45) is 0 Å². The highest BCUT2D eigenvalue weighted by Gasteiger charge is 2.11. The van der Waals surface area contributed by atoms with Gasteiger partial charge < -0.3 is 4.90 Å². The lowest BCUT2D eigenvalue weighted by Gasteiger charge is -2.27. The third-order valence-electron chi connectivity index (χ3n) is 2.56. The highest BCUT2D eigenvalue weighted by atomic mass is 79.9. The predicted molar refractivity (Wildman–Crippen MR) is 73.6 cm³/mol. The second-order valence-corrected chi connectivity index (χ2v) is 4.84. The highest BCUT2D eigenvalue weighted by Crippen LogP contribution is 2.17. The van der Waals surface area contributed by atoms with E-state index in [9.17, 15) is 0 Å². The van der Waals surface area contributed by atoms with Crippen LogP contribution in [0.1, 0.15) is 13.8 Å². The molecule has 0 aliphatic carbocycles. The summed E-state index contributed by atoms with van der Waals surface area (Å²) in [6, 6.07) is 4.38. The predicted octanol–water partition coefficient (Wildman–Crippen LogP) is 2.63. The smallest absolute Gasteiger partial charge is 0.180 e. The van der Waals surface area contributed by atoms with E-state index in [1.807, 2.05) is 12.1 Å². The van der Waals surface area contributed by atoms with Crippen molar-refractivity contribution in [3.63, 3.8) is 0 Å². The van der Waals surface area contributed by atoms with Crippen molar-refractivity contribution in [3.05, 3.63) is 24.5 Å². The first kappa shape index (κ1) is 12.2. The molecule has 0 saturated carbocycles. The number of anilines is 1. The molecule has 0 aromatic carbocycles.